The highest BCUT2D eigenvalue weighted by molar-refractivity contribution is 7.21. The molecule has 5 nitrogen and oxygen atoms in total. The summed E-state index contributed by atoms with van der Waals surface area (Å²) >= 11 is 0. The largest absolute Gasteiger partial charge is 0.393 e. The second-order valence-electron chi connectivity index (χ2n) is 13.3. The lowest BCUT2D eigenvalue weighted by Gasteiger charge is -2.37. The lowest BCUT2D eigenvalue weighted by atomic mass is 9.85. The first-order valence-electron chi connectivity index (χ1n) is 19.0. The van der Waals surface area contributed by atoms with Crippen LogP contribution in [0.1, 0.15) is 194 Å². The molecule has 0 fully saturated rings. The first kappa shape index (κ1) is 44.1. The van der Waals surface area contributed by atoms with Gasteiger partial charge in [0, 0.05) is 12.8 Å². The van der Waals surface area contributed by atoms with Gasteiger partial charge >= 0.3 is 0 Å². The van der Waals surface area contributed by atoms with Gasteiger partial charge < -0.3 is 15.3 Å². The van der Waals surface area contributed by atoms with Crippen molar-refractivity contribution in [3.8, 4) is 0 Å². The van der Waals surface area contributed by atoms with Crippen LogP contribution in [0.4, 0.5) is 0 Å². The molecule has 0 rings (SSSR count). The average molecular weight is 653 g/mol. The zero-order chi connectivity index (χ0) is 33.5. The number of aliphatic hydroxyl groups is 3. The van der Waals surface area contributed by atoms with Crippen molar-refractivity contribution in [3.63, 3.8) is 0 Å². The molecular formula is C39H73O5P. The zero-order valence-electron chi connectivity index (χ0n) is 29.6. The van der Waals surface area contributed by atoms with Crippen LogP contribution >= 0.6 is 9.24 Å². The molecule has 45 heavy (non-hydrogen) atoms. The molecule has 0 radical (unpaired) electrons. The Morgan fingerprint density at radius 3 is 1.11 bits per heavy atom. The molecule has 0 spiro atoms. The summed E-state index contributed by atoms with van der Waals surface area (Å²) in [6, 6.07) is 0. The topological polar surface area (TPSA) is 94.8 Å². The van der Waals surface area contributed by atoms with E-state index in [4.69, 9.17) is 0 Å². The van der Waals surface area contributed by atoms with Crippen molar-refractivity contribution in [2.75, 3.05) is 6.61 Å². The van der Waals surface area contributed by atoms with E-state index in [0.717, 1.165) is 64.2 Å². The summed E-state index contributed by atoms with van der Waals surface area (Å²) in [4.78, 5) is 25.7. The van der Waals surface area contributed by atoms with Crippen LogP contribution in [0.25, 0.3) is 0 Å². The molecule has 0 heterocycles. The molecule has 0 aliphatic rings. The van der Waals surface area contributed by atoms with Crippen molar-refractivity contribution in [2.45, 2.75) is 205 Å². The van der Waals surface area contributed by atoms with E-state index in [-0.39, 0.29) is 12.8 Å². The maximum absolute atomic E-state index is 12.8. The van der Waals surface area contributed by atoms with Crippen LogP contribution in [0.2, 0.25) is 0 Å². The average Bonchev–Trinajstić information content (AvgIpc) is 3.03. The third kappa shape index (κ3) is 22.4. The van der Waals surface area contributed by atoms with Crippen LogP contribution in [0.3, 0.4) is 0 Å². The van der Waals surface area contributed by atoms with Gasteiger partial charge in [0.1, 0.15) is 0 Å². The third-order valence-corrected chi connectivity index (χ3v) is 9.88. The molecule has 3 N–H and O–H groups in total. The summed E-state index contributed by atoms with van der Waals surface area (Å²) < 4.78 is 0. The second-order valence-corrected chi connectivity index (χ2v) is 14.1. The van der Waals surface area contributed by atoms with E-state index in [1.165, 1.54) is 89.9 Å². The number of rotatable bonds is 34. The number of carbonyl (C=O) groups is 2. The Hall–Kier alpha value is -0.870. The van der Waals surface area contributed by atoms with Crippen molar-refractivity contribution in [1.29, 1.82) is 0 Å². The molecule has 0 bridgehead atoms. The zero-order valence-corrected chi connectivity index (χ0v) is 30.7. The molecule has 3 unspecified atom stereocenters. The molecule has 0 saturated carbocycles. The van der Waals surface area contributed by atoms with Crippen LogP contribution in [-0.2, 0) is 9.59 Å². The Balaban J connectivity index is 4.04. The fraction of sp³-hybridized carbons (Fsp3) is 0.846. The summed E-state index contributed by atoms with van der Waals surface area (Å²) in [5.41, 5.74) is -2.49. The highest BCUT2D eigenvalue weighted by Crippen LogP contribution is 2.34. The number of aliphatic hydroxyl groups excluding tert-OH is 1. The minimum Gasteiger partial charge on any atom is -0.393 e. The van der Waals surface area contributed by atoms with Gasteiger partial charge in [0.15, 0.2) is 22.5 Å². The molecule has 0 aliphatic heterocycles. The molecular weight excluding hydrogens is 579 g/mol. The number of unbranched alkanes of at least 4 members (excludes halogenated alkanes) is 22. The van der Waals surface area contributed by atoms with Gasteiger partial charge in [-0.1, -0.05) is 150 Å². The SMILES string of the molecule is CCCCCCCCC=CCCCCCCCC(=O)C(O)(P)C(O)(CO)C(=O)CCCCCCCC=CCCCCCCCC. The van der Waals surface area contributed by atoms with Gasteiger partial charge in [-0.3, -0.25) is 9.59 Å². The number of Topliss-reactive ketones (excluding diaryl/α,β-unsaturated/α-hetero) is 2. The van der Waals surface area contributed by atoms with Crippen molar-refractivity contribution in [3.05, 3.63) is 24.3 Å². The Morgan fingerprint density at radius 2 is 0.778 bits per heavy atom. The highest BCUT2D eigenvalue weighted by atomic mass is 31.0. The van der Waals surface area contributed by atoms with Gasteiger partial charge in [0.05, 0.1) is 6.61 Å². The summed E-state index contributed by atoms with van der Waals surface area (Å²) in [5.74, 6) is -1.28. The van der Waals surface area contributed by atoms with Crippen LogP contribution in [0, 0.1) is 0 Å². The maximum Gasteiger partial charge on any atom is 0.185 e. The van der Waals surface area contributed by atoms with Crippen molar-refractivity contribution in [1.82, 2.24) is 0 Å². The summed E-state index contributed by atoms with van der Waals surface area (Å²) in [6.45, 7) is 3.51. The second kappa shape index (κ2) is 30.5. The van der Waals surface area contributed by atoms with E-state index in [9.17, 15) is 24.9 Å². The summed E-state index contributed by atoms with van der Waals surface area (Å²) in [5, 5.41) is 29.3. The quantitative estimate of drug-likeness (QED) is 0.0365. The fourth-order valence-corrected chi connectivity index (χ4v) is 6.16. The van der Waals surface area contributed by atoms with E-state index >= 15 is 0 Å². The monoisotopic (exact) mass is 653 g/mol. The molecule has 0 aromatic heterocycles. The van der Waals surface area contributed by atoms with Gasteiger partial charge in [-0.05, 0) is 64.2 Å². The first-order valence-corrected chi connectivity index (χ1v) is 19.6. The Morgan fingerprint density at radius 1 is 0.489 bits per heavy atom. The number of carbonyl (C=O) groups excluding carboxylic acids is 2. The maximum atomic E-state index is 12.8. The Bertz CT molecular complexity index is 763. The van der Waals surface area contributed by atoms with Crippen molar-refractivity contribution < 1.29 is 24.9 Å². The number of hydrogen-bond donors (Lipinski definition) is 3. The van der Waals surface area contributed by atoms with Gasteiger partial charge in [-0.25, -0.2) is 0 Å². The fourth-order valence-electron chi connectivity index (χ4n) is 5.76. The van der Waals surface area contributed by atoms with E-state index < -0.39 is 29.1 Å². The lowest BCUT2D eigenvalue weighted by molar-refractivity contribution is -0.172. The predicted molar refractivity (Wildman–Crippen MR) is 196 cm³/mol. The van der Waals surface area contributed by atoms with E-state index in [1.807, 2.05) is 9.24 Å². The molecule has 3 atom stereocenters. The van der Waals surface area contributed by atoms with E-state index in [0.29, 0.717) is 12.8 Å². The van der Waals surface area contributed by atoms with Crippen LogP contribution < -0.4 is 0 Å². The smallest absolute Gasteiger partial charge is 0.185 e. The standard InChI is InChI=1S/C39H73O5P/c1-3-5-7-9-11-13-15-17-19-21-23-25-27-29-31-33-36(41)38(43,35-40)39(44,45)37(42)34-32-30-28-26-24-22-20-18-16-14-12-10-8-6-4-2/h17-20,40,43-44H,3-16,21-35,45H2,1-2H3. The van der Waals surface area contributed by atoms with Gasteiger partial charge in [-0.2, -0.15) is 0 Å². The lowest BCUT2D eigenvalue weighted by Crippen LogP contribution is -2.62. The summed E-state index contributed by atoms with van der Waals surface area (Å²) in [7, 11) is 1.96. The number of ketones is 2. The minimum absolute atomic E-state index is 0.0343. The van der Waals surface area contributed by atoms with Crippen molar-refractivity contribution in [2.24, 2.45) is 0 Å². The third-order valence-electron chi connectivity index (χ3n) is 9.08. The van der Waals surface area contributed by atoms with Crippen LogP contribution in [-0.4, -0.2) is 44.4 Å². The van der Waals surface area contributed by atoms with E-state index in [2.05, 4.69) is 38.2 Å². The highest BCUT2D eigenvalue weighted by Gasteiger charge is 2.55. The molecule has 264 valence electrons. The molecule has 0 amide bonds. The molecule has 0 aromatic carbocycles. The van der Waals surface area contributed by atoms with Crippen LogP contribution in [0.5, 0.6) is 0 Å². The first-order chi connectivity index (χ1) is 21.8. The molecule has 0 aliphatic carbocycles. The molecule has 6 heteroatoms. The van der Waals surface area contributed by atoms with Gasteiger partial charge in [-0.15, -0.1) is 0 Å². The Labute approximate surface area is 280 Å². The minimum atomic E-state index is -2.49. The normalized spacial score (nSPS) is 14.7. The number of allylic oxidation sites excluding steroid dienone is 4. The Kier molecular flexibility index (Phi) is 29.9. The number of hydrogen-bond acceptors (Lipinski definition) is 5. The summed E-state index contributed by atoms with van der Waals surface area (Å²) in [6.07, 6.45) is 39.0. The molecule has 0 saturated heterocycles. The van der Waals surface area contributed by atoms with Gasteiger partial charge in [0.25, 0.3) is 0 Å². The van der Waals surface area contributed by atoms with Gasteiger partial charge in [0.2, 0.25) is 0 Å². The predicted octanol–water partition coefficient (Wildman–Crippen LogP) is 10.5. The van der Waals surface area contributed by atoms with Crippen molar-refractivity contribution >= 4 is 20.8 Å². The van der Waals surface area contributed by atoms with Crippen LogP contribution in [0.15, 0.2) is 24.3 Å². The van der Waals surface area contributed by atoms with E-state index in [1.54, 1.807) is 0 Å². The molecule has 0 aromatic rings.